The lowest BCUT2D eigenvalue weighted by Gasteiger charge is -2.28. The van der Waals surface area contributed by atoms with E-state index in [9.17, 15) is 4.79 Å². The van der Waals surface area contributed by atoms with Gasteiger partial charge >= 0.3 is 0 Å². The molecule has 0 radical (unpaired) electrons. The van der Waals surface area contributed by atoms with Gasteiger partial charge in [-0.1, -0.05) is 34.1 Å². The summed E-state index contributed by atoms with van der Waals surface area (Å²) >= 11 is 0. The van der Waals surface area contributed by atoms with Gasteiger partial charge in [0, 0.05) is 17.8 Å². The van der Waals surface area contributed by atoms with Crippen molar-refractivity contribution in [3.8, 4) is 0 Å². The van der Waals surface area contributed by atoms with Crippen LogP contribution in [0.4, 0.5) is 0 Å². The smallest absolute Gasteiger partial charge is 0.161 e. The fourth-order valence-electron chi connectivity index (χ4n) is 4.41. The Hall–Kier alpha value is -0.410. The van der Waals surface area contributed by atoms with Crippen LogP contribution in [-0.2, 0) is 14.3 Å². The molecular weight excluding hydrogens is 276 g/mol. The van der Waals surface area contributed by atoms with Gasteiger partial charge in [0.1, 0.15) is 5.78 Å². The molecule has 0 aromatic rings. The third kappa shape index (κ3) is 3.12. The lowest BCUT2D eigenvalue weighted by atomic mass is 9.76. The van der Waals surface area contributed by atoms with Gasteiger partial charge in [-0.25, -0.2) is 0 Å². The van der Waals surface area contributed by atoms with Crippen molar-refractivity contribution in [3.63, 3.8) is 0 Å². The number of carbonyl (C=O) groups is 1. The van der Waals surface area contributed by atoms with Crippen molar-refractivity contribution in [1.29, 1.82) is 0 Å². The van der Waals surface area contributed by atoms with E-state index in [4.69, 9.17) is 9.47 Å². The van der Waals surface area contributed by atoms with Crippen LogP contribution >= 0.6 is 0 Å². The minimum atomic E-state index is -0.233. The van der Waals surface area contributed by atoms with Crippen molar-refractivity contribution < 1.29 is 14.3 Å². The molecule has 2 saturated carbocycles. The minimum Gasteiger partial charge on any atom is -0.350 e. The van der Waals surface area contributed by atoms with E-state index in [2.05, 4.69) is 27.7 Å². The van der Waals surface area contributed by atoms with Crippen molar-refractivity contribution in [2.24, 2.45) is 29.1 Å². The molecule has 0 aromatic heterocycles. The number of ketones is 1. The molecule has 3 fully saturated rings. The van der Waals surface area contributed by atoms with Crippen molar-refractivity contribution in [2.75, 3.05) is 6.61 Å². The Morgan fingerprint density at radius 1 is 1.23 bits per heavy atom. The van der Waals surface area contributed by atoms with Crippen LogP contribution in [0, 0.1) is 29.1 Å². The lowest BCUT2D eigenvalue weighted by Crippen LogP contribution is -2.31. The second-order valence-electron chi connectivity index (χ2n) is 8.64. The standard InChI is InChI=1S/C19H32O3/c1-12(2)19(3,4)17(20)8-7-15-11-21-18(22-15)16-10-13-5-6-14(16)9-13/h12-16,18H,5-11H2,1-4H3. The highest BCUT2D eigenvalue weighted by molar-refractivity contribution is 5.84. The second kappa shape index (κ2) is 6.24. The molecule has 5 unspecified atom stereocenters. The predicted octanol–water partition coefficient (Wildman–Crippen LogP) is 4.20. The van der Waals surface area contributed by atoms with E-state index >= 15 is 0 Å². The Morgan fingerprint density at radius 3 is 2.59 bits per heavy atom. The number of rotatable bonds is 6. The van der Waals surface area contributed by atoms with Gasteiger partial charge in [0.15, 0.2) is 6.29 Å². The molecule has 0 aromatic carbocycles. The van der Waals surface area contributed by atoms with Gasteiger partial charge in [0.25, 0.3) is 0 Å². The summed E-state index contributed by atoms with van der Waals surface area (Å²) in [4.78, 5) is 12.4. The summed E-state index contributed by atoms with van der Waals surface area (Å²) in [5, 5.41) is 0. The zero-order valence-corrected chi connectivity index (χ0v) is 14.6. The number of fused-ring (bicyclic) bond motifs is 2. The zero-order chi connectivity index (χ0) is 15.9. The Labute approximate surface area is 135 Å². The molecule has 0 N–H and O–H groups in total. The van der Waals surface area contributed by atoms with Crippen LogP contribution in [-0.4, -0.2) is 24.8 Å². The minimum absolute atomic E-state index is 0.00788. The quantitative estimate of drug-likeness (QED) is 0.738. The number of ether oxygens (including phenoxy) is 2. The molecule has 3 rings (SSSR count). The molecule has 2 aliphatic carbocycles. The largest absolute Gasteiger partial charge is 0.350 e. The summed E-state index contributed by atoms with van der Waals surface area (Å²) in [6.07, 6.45) is 7.01. The molecule has 126 valence electrons. The SMILES string of the molecule is CC(C)C(C)(C)C(=O)CCC1COC(C2CC3CCC2C3)O1. The fraction of sp³-hybridized carbons (Fsp3) is 0.947. The molecule has 0 spiro atoms. The first-order valence-electron chi connectivity index (χ1n) is 9.18. The highest BCUT2D eigenvalue weighted by Crippen LogP contribution is 2.51. The van der Waals surface area contributed by atoms with Crippen LogP contribution in [0.3, 0.4) is 0 Å². The number of Topliss-reactive ketones (excluding diaryl/α,β-unsaturated/α-hetero) is 1. The lowest BCUT2D eigenvalue weighted by molar-refractivity contribution is -0.131. The maximum absolute atomic E-state index is 12.4. The summed E-state index contributed by atoms with van der Waals surface area (Å²) in [5.41, 5.74) is -0.233. The van der Waals surface area contributed by atoms with Crippen LogP contribution in [0.15, 0.2) is 0 Å². The molecule has 3 heteroatoms. The van der Waals surface area contributed by atoms with Crippen LogP contribution in [0.1, 0.15) is 66.2 Å². The monoisotopic (exact) mass is 308 g/mol. The van der Waals surface area contributed by atoms with E-state index in [-0.39, 0.29) is 17.8 Å². The first-order chi connectivity index (χ1) is 10.4. The van der Waals surface area contributed by atoms with Crippen LogP contribution in [0.5, 0.6) is 0 Å². The molecular formula is C19H32O3. The zero-order valence-electron chi connectivity index (χ0n) is 14.6. The molecule has 3 nitrogen and oxygen atoms in total. The van der Waals surface area contributed by atoms with Crippen LogP contribution in [0.25, 0.3) is 0 Å². The summed E-state index contributed by atoms with van der Waals surface area (Å²) in [5.74, 6) is 3.11. The van der Waals surface area contributed by atoms with Gasteiger partial charge in [-0.05, 0) is 43.4 Å². The number of carbonyl (C=O) groups excluding carboxylic acids is 1. The third-order valence-electron chi connectivity index (χ3n) is 6.77. The number of hydrogen-bond donors (Lipinski definition) is 0. The van der Waals surface area contributed by atoms with Gasteiger partial charge in [-0.15, -0.1) is 0 Å². The Morgan fingerprint density at radius 2 is 2.00 bits per heavy atom. The Balaban J connectivity index is 1.45. The molecule has 1 heterocycles. The first-order valence-corrected chi connectivity index (χ1v) is 9.18. The van der Waals surface area contributed by atoms with E-state index < -0.39 is 0 Å². The highest BCUT2D eigenvalue weighted by Gasteiger charge is 2.46. The maximum atomic E-state index is 12.4. The van der Waals surface area contributed by atoms with Gasteiger partial charge in [0.2, 0.25) is 0 Å². The van der Waals surface area contributed by atoms with Crippen LogP contribution in [0.2, 0.25) is 0 Å². The van der Waals surface area contributed by atoms with Crippen molar-refractivity contribution in [2.45, 2.75) is 78.6 Å². The topological polar surface area (TPSA) is 35.5 Å². The molecule has 0 amide bonds. The summed E-state index contributed by atoms with van der Waals surface area (Å²) in [7, 11) is 0. The van der Waals surface area contributed by atoms with Gasteiger partial charge in [-0.2, -0.15) is 0 Å². The average Bonchev–Trinajstić information content (AvgIpc) is 3.19. The van der Waals surface area contributed by atoms with E-state index in [1.165, 1.54) is 25.7 Å². The Kier molecular flexibility index (Phi) is 4.66. The van der Waals surface area contributed by atoms with E-state index in [0.717, 1.165) is 18.3 Å². The molecule has 5 atom stereocenters. The van der Waals surface area contributed by atoms with E-state index in [1.54, 1.807) is 0 Å². The third-order valence-corrected chi connectivity index (χ3v) is 6.77. The van der Waals surface area contributed by atoms with E-state index in [0.29, 0.717) is 30.6 Å². The van der Waals surface area contributed by atoms with Crippen molar-refractivity contribution in [1.82, 2.24) is 0 Å². The average molecular weight is 308 g/mol. The predicted molar refractivity (Wildman–Crippen MR) is 86.4 cm³/mol. The van der Waals surface area contributed by atoms with Gasteiger partial charge in [0.05, 0.1) is 12.7 Å². The number of hydrogen-bond acceptors (Lipinski definition) is 3. The normalized spacial score (nSPS) is 38.1. The Bertz CT molecular complexity index is 415. The molecule has 3 aliphatic rings. The second-order valence-corrected chi connectivity index (χ2v) is 8.64. The van der Waals surface area contributed by atoms with Gasteiger partial charge < -0.3 is 9.47 Å². The fourth-order valence-corrected chi connectivity index (χ4v) is 4.41. The molecule has 1 saturated heterocycles. The summed E-state index contributed by atoms with van der Waals surface area (Å²) in [6.45, 7) is 9.04. The molecule has 22 heavy (non-hydrogen) atoms. The maximum Gasteiger partial charge on any atom is 0.161 e. The van der Waals surface area contributed by atoms with Crippen LogP contribution < -0.4 is 0 Å². The summed E-state index contributed by atoms with van der Waals surface area (Å²) in [6, 6.07) is 0. The first kappa shape index (κ1) is 16.4. The van der Waals surface area contributed by atoms with E-state index in [1.807, 2.05) is 0 Å². The van der Waals surface area contributed by atoms with Crippen molar-refractivity contribution in [3.05, 3.63) is 0 Å². The molecule has 2 bridgehead atoms. The summed E-state index contributed by atoms with van der Waals surface area (Å²) < 4.78 is 12.1. The molecule has 1 aliphatic heterocycles. The van der Waals surface area contributed by atoms with Crippen molar-refractivity contribution >= 4 is 5.78 Å². The highest BCUT2D eigenvalue weighted by atomic mass is 16.7. The van der Waals surface area contributed by atoms with Gasteiger partial charge in [-0.3, -0.25) is 4.79 Å².